The van der Waals surface area contributed by atoms with E-state index in [-0.39, 0.29) is 0 Å². The molecule has 2 fully saturated rings. The molecule has 0 bridgehead atoms. The molecule has 2 unspecified atom stereocenters. The third-order valence-electron chi connectivity index (χ3n) is 4.87. The summed E-state index contributed by atoms with van der Waals surface area (Å²) in [6.45, 7) is 9.90. The molecule has 0 amide bonds. The second-order valence-electron chi connectivity index (χ2n) is 6.86. The molecule has 3 heteroatoms. The Labute approximate surface area is 118 Å². The summed E-state index contributed by atoms with van der Waals surface area (Å²) in [6.07, 6.45) is 8.29. The quantitative estimate of drug-likeness (QED) is 0.744. The zero-order valence-corrected chi connectivity index (χ0v) is 12.8. The van der Waals surface area contributed by atoms with Gasteiger partial charge in [-0.25, -0.2) is 0 Å². The van der Waals surface area contributed by atoms with Crippen molar-refractivity contribution < 1.29 is 4.74 Å². The molecule has 1 saturated carbocycles. The van der Waals surface area contributed by atoms with E-state index in [1.807, 2.05) is 0 Å². The SMILES string of the molecule is CCCNC1COCC1CNCC1(C)CCCCC1. The molecule has 1 aliphatic heterocycles. The molecule has 0 aromatic carbocycles. The molecule has 0 radical (unpaired) electrons. The summed E-state index contributed by atoms with van der Waals surface area (Å²) in [5.41, 5.74) is 0.546. The molecule has 3 nitrogen and oxygen atoms in total. The summed E-state index contributed by atoms with van der Waals surface area (Å²) in [4.78, 5) is 0. The van der Waals surface area contributed by atoms with Crippen LogP contribution < -0.4 is 10.6 Å². The summed E-state index contributed by atoms with van der Waals surface area (Å²) in [7, 11) is 0. The molecular formula is C16H32N2O. The minimum atomic E-state index is 0.546. The average molecular weight is 268 g/mol. The highest BCUT2D eigenvalue weighted by Gasteiger charge is 2.29. The monoisotopic (exact) mass is 268 g/mol. The van der Waals surface area contributed by atoms with Crippen LogP contribution in [0.15, 0.2) is 0 Å². The molecule has 2 N–H and O–H groups in total. The van der Waals surface area contributed by atoms with E-state index in [1.54, 1.807) is 0 Å². The van der Waals surface area contributed by atoms with E-state index in [1.165, 1.54) is 45.1 Å². The van der Waals surface area contributed by atoms with Gasteiger partial charge in [-0.1, -0.05) is 33.1 Å². The molecule has 0 aromatic rings. The van der Waals surface area contributed by atoms with Crippen molar-refractivity contribution in [2.75, 3.05) is 32.8 Å². The van der Waals surface area contributed by atoms with Crippen molar-refractivity contribution in [1.82, 2.24) is 10.6 Å². The normalized spacial score (nSPS) is 30.6. The molecule has 1 saturated heterocycles. The van der Waals surface area contributed by atoms with Crippen molar-refractivity contribution in [2.45, 2.75) is 58.4 Å². The Morgan fingerprint density at radius 2 is 1.95 bits per heavy atom. The van der Waals surface area contributed by atoms with Crippen LogP contribution in [-0.2, 0) is 4.74 Å². The molecule has 1 aliphatic carbocycles. The number of ether oxygens (including phenoxy) is 1. The van der Waals surface area contributed by atoms with E-state index in [0.717, 1.165) is 26.3 Å². The second-order valence-corrected chi connectivity index (χ2v) is 6.86. The van der Waals surface area contributed by atoms with Gasteiger partial charge in [0.05, 0.1) is 13.2 Å². The largest absolute Gasteiger partial charge is 0.379 e. The van der Waals surface area contributed by atoms with E-state index < -0.39 is 0 Å². The predicted octanol–water partition coefficient (Wildman–Crippen LogP) is 2.56. The minimum absolute atomic E-state index is 0.546. The maximum absolute atomic E-state index is 5.63. The molecule has 1 heterocycles. The van der Waals surface area contributed by atoms with Gasteiger partial charge in [0.15, 0.2) is 0 Å². The highest BCUT2D eigenvalue weighted by Crippen LogP contribution is 2.34. The third-order valence-corrected chi connectivity index (χ3v) is 4.87. The van der Waals surface area contributed by atoms with Crippen LogP contribution in [0.25, 0.3) is 0 Å². The lowest BCUT2D eigenvalue weighted by Crippen LogP contribution is -2.43. The van der Waals surface area contributed by atoms with Crippen molar-refractivity contribution >= 4 is 0 Å². The summed E-state index contributed by atoms with van der Waals surface area (Å²) >= 11 is 0. The zero-order valence-electron chi connectivity index (χ0n) is 12.8. The first-order valence-electron chi connectivity index (χ1n) is 8.25. The number of hydrogen-bond donors (Lipinski definition) is 2. The minimum Gasteiger partial charge on any atom is -0.379 e. The molecule has 112 valence electrons. The van der Waals surface area contributed by atoms with Crippen LogP contribution in [0.1, 0.15) is 52.4 Å². The summed E-state index contributed by atoms with van der Waals surface area (Å²) < 4.78 is 5.63. The molecular weight excluding hydrogens is 236 g/mol. The van der Waals surface area contributed by atoms with E-state index in [4.69, 9.17) is 4.74 Å². The Morgan fingerprint density at radius 1 is 1.16 bits per heavy atom. The Morgan fingerprint density at radius 3 is 2.68 bits per heavy atom. The summed E-state index contributed by atoms with van der Waals surface area (Å²) in [6, 6.07) is 0.562. The highest BCUT2D eigenvalue weighted by molar-refractivity contribution is 4.85. The van der Waals surface area contributed by atoms with Crippen LogP contribution in [-0.4, -0.2) is 38.9 Å². The van der Waals surface area contributed by atoms with E-state index in [0.29, 0.717) is 17.4 Å². The van der Waals surface area contributed by atoms with Gasteiger partial charge in [-0.15, -0.1) is 0 Å². The smallest absolute Gasteiger partial charge is 0.0623 e. The van der Waals surface area contributed by atoms with Crippen LogP contribution >= 0.6 is 0 Å². The van der Waals surface area contributed by atoms with Crippen LogP contribution in [0.2, 0.25) is 0 Å². The third kappa shape index (κ3) is 4.73. The first-order valence-corrected chi connectivity index (χ1v) is 8.25. The van der Waals surface area contributed by atoms with Crippen LogP contribution in [0.5, 0.6) is 0 Å². The van der Waals surface area contributed by atoms with E-state index in [2.05, 4.69) is 24.5 Å². The topological polar surface area (TPSA) is 33.3 Å². The van der Waals surface area contributed by atoms with Gasteiger partial charge in [0.2, 0.25) is 0 Å². The molecule has 2 atom stereocenters. The molecule has 2 rings (SSSR count). The zero-order chi connectivity index (χ0) is 13.6. The Bertz CT molecular complexity index is 251. The van der Waals surface area contributed by atoms with Gasteiger partial charge < -0.3 is 15.4 Å². The van der Waals surface area contributed by atoms with Gasteiger partial charge in [-0.3, -0.25) is 0 Å². The Hall–Kier alpha value is -0.120. The number of hydrogen-bond acceptors (Lipinski definition) is 3. The lowest BCUT2D eigenvalue weighted by Gasteiger charge is -2.34. The second kappa shape index (κ2) is 7.61. The van der Waals surface area contributed by atoms with Crippen molar-refractivity contribution in [3.8, 4) is 0 Å². The Balaban J connectivity index is 1.66. The summed E-state index contributed by atoms with van der Waals surface area (Å²) in [5.74, 6) is 0.652. The highest BCUT2D eigenvalue weighted by atomic mass is 16.5. The molecule has 2 aliphatic rings. The number of nitrogens with one attached hydrogen (secondary N) is 2. The van der Waals surface area contributed by atoms with Crippen molar-refractivity contribution in [2.24, 2.45) is 11.3 Å². The number of rotatable bonds is 7. The van der Waals surface area contributed by atoms with Gasteiger partial charge >= 0.3 is 0 Å². The van der Waals surface area contributed by atoms with Gasteiger partial charge in [0.25, 0.3) is 0 Å². The van der Waals surface area contributed by atoms with Gasteiger partial charge in [-0.2, -0.15) is 0 Å². The van der Waals surface area contributed by atoms with Crippen LogP contribution in [0.4, 0.5) is 0 Å². The van der Waals surface area contributed by atoms with Crippen molar-refractivity contribution in [1.29, 1.82) is 0 Å². The predicted molar refractivity (Wildman–Crippen MR) is 80.5 cm³/mol. The van der Waals surface area contributed by atoms with E-state index >= 15 is 0 Å². The maximum atomic E-state index is 5.63. The lowest BCUT2D eigenvalue weighted by atomic mass is 9.75. The van der Waals surface area contributed by atoms with E-state index in [9.17, 15) is 0 Å². The molecule has 0 spiro atoms. The first-order chi connectivity index (χ1) is 9.23. The molecule has 19 heavy (non-hydrogen) atoms. The van der Waals surface area contributed by atoms with Crippen LogP contribution in [0, 0.1) is 11.3 Å². The van der Waals surface area contributed by atoms with Crippen molar-refractivity contribution in [3.63, 3.8) is 0 Å². The van der Waals surface area contributed by atoms with Gasteiger partial charge in [0, 0.05) is 25.0 Å². The molecule has 0 aromatic heterocycles. The average Bonchev–Trinajstić information content (AvgIpc) is 2.84. The fourth-order valence-electron chi connectivity index (χ4n) is 3.50. The van der Waals surface area contributed by atoms with Gasteiger partial charge in [0.1, 0.15) is 0 Å². The fourth-order valence-corrected chi connectivity index (χ4v) is 3.50. The maximum Gasteiger partial charge on any atom is 0.0623 e. The van der Waals surface area contributed by atoms with Gasteiger partial charge in [-0.05, 0) is 31.2 Å². The fraction of sp³-hybridized carbons (Fsp3) is 1.00. The van der Waals surface area contributed by atoms with Crippen LogP contribution in [0.3, 0.4) is 0 Å². The standard InChI is InChI=1S/C16H32N2O/c1-3-9-18-15-12-19-11-14(15)10-17-13-16(2)7-5-4-6-8-16/h14-15,17-18H,3-13H2,1-2H3. The lowest BCUT2D eigenvalue weighted by molar-refractivity contribution is 0.177. The Kier molecular flexibility index (Phi) is 6.11. The summed E-state index contributed by atoms with van der Waals surface area (Å²) in [5, 5.41) is 7.34. The first kappa shape index (κ1) is 15.3. The van der Waals surface area contributed by atoms with Crippen molar-refractivity contribution in [3.05, 3.63) is 0 Å².